The molecule has 6 nitrogen and oxygen atoms in total. The molecule has 508 valence electrons. The summed E-state index contributed by atoms with van der Waals surface area (Å²) in [5, 5.41) is 23.3. The van der Waals surface area contributed by atoms with Gasteiger partial charge in [0, 0.05) is 12.8 Å². The third-order valence-corrected chi connectivity index (χ3v) is 18.4. The normalized spacial score (nSPS) is 12.7. The summed E-state index contributed by atoms with van der Waals surface area (Å²) in [4.78, 5) is 24.6. The number of amides is 1. The Morgan fingerprint density at radius 2 is 0.605 bits per heavy atom. The largest absolute Gasteiger partial charge is 0.466 e. The molecule has 0 aromatic carbocycles. The summed E-state index contributed by atoms with van der Waals surface area (Å²) in [6.07, 6.45) is 98.4. The first-order valence-electron chi connectivity index (χ1n) is 39.3. The van der Waals surface area contributed by atoms with Gasteiger partial charge in [0.25, 0.3) is 0 Å². The van der Waals surface area contributed by atoms with Crippen LogP contribution in [0.3, 0.4) is 0 Å². The van der Waals surface area contributed by atoms with Gasteiger partial charge in [-0.3, -0.25) is 9.59 Å². The van der Waals surface area contributed by atoms with Crippen LogP contribution in [-0.2, 0) is 14.3 Å². The maximum Gasteiger partial charge on any atom is 0.305 e. The second kappa shape index (κ2) is 75.5. The minimum absolute atomic E-state index is 0.00611. The number of carbonyl (C=O) groups excluding carboxylic acids is 2. The van der Waals surface area contributed by atoms with Crippen molar-refractivity contribution in [3.05, 3.63) is 36.5 Å². The van der Waals surface area contributed by atoms with Gasteiger partial charge in [0.05, 0.1) is 25.4 Å². The molecule has 0 aliphatic carbocycles. The highest BCUT2D eigenvalue weighted by molar-refractivity contribution is 5.76. The Morgan fingerprint density at radius 3 is 0.930 bits per heavy atom. The molecule has 6 heteroatoms. The number of rotatable bonds is 74. The van der Waals surface area contributed by atoms with Crippen LogP contribution in [0.1, 0.15) is 438 Å². The van der Waals surface area contributed by atoms with Crippen molar-refractivity contribution in [3.63, 3.8) is 0 Å². The van der Waals surface area contributed by atoms with Gasteiger partial charge in [-0.2, -0.15) is 0 Å². The smallest absolute Gasteiger partial charge is 0.305 e. The zero-order valence-corrected chi connectivity index (χ0v) is 58.3. The van der Waals surface area contributed by atoms with Gasteiger partial charge >= 0.3 is 5.97 Å². The van der Waals surface area contributed by atoms with Crippen LogP contribution in [-0.4, -0.2) is 47.4 Å². The van der Waals surface area contributed by atoms with Crippen LogP contribution in [0.4, 0.5) is 0 Å². The molecule has 2 unspecified atom stereocenters. The van der Waals surface area contributed by atoms with Crippen molar-refractivity contribution in [2.45, 2.75) is 450 Å². The highest BCUT2D eigenvalue weighted by Gasteiger charge is 2.18. The molecule has 0 saturated carbocycles. The SMILES string of the molecule is CCC/C=C\C/C=C\CCCCCCCC(=O)OCCCCCCCCCCCCCCCCCCCCCCCCCCCCCCCCCCC(=O)NC(CO)C(O)/C=C/CCCCCCCCCCCCCCCCCCCCCCCC. The van der Waals surface area contributed by atoms with Crippen molar-refractivity contribution in [2.24, 2.45) is 0 Å². The molecule has 0 radical (unpaired) electrons. The molecule has 0 bridgehead atoms. The van der Waals surface area contributed by atoms with Crippen LogP contribution >= 0.6 is 0 Å². The molecule has 1 amide bonds. The number of allylic oxidation sites excluding steroid dienone is 5. The molecular weight excluding hydrogens is 1050 g/mol. The van der Waals surface area contributed by atoms with E-state index in [9.17, 15) is 19.8 Å². The minimum atomic E-state index is -0.843. The number of aliphatic hydroxyl groups excluding tert-OH is 2. The Labute approximate surface area is 538 Å². The van der Waals surface area contributed by atoms with Crippen molar-refractivity contribution in [1.82, 2.24) is 5.32 Å². The quantitative estimate of drug-likeness (QED) is 0.0320. The fourth-order valence-electron chi connectivity index (χ4n) is 12.4. The maximum atomic E-state index is 12.6. The highest BCUT2D eigenvalue weighted by Crippen LogP contribution is 2.20. The molecule has 2 atom stereocenters. The van der Waals surface area contributed by atoms with E-state index < -0.39 is 12.1 Å². The first kappa shape index (κ1) is 84.1. The molecule has 0 rings (SSSR count). The van der Waals surface area contributed by atoms with E-state index in [0.29, 0.717) is 19.4 Å². The predicted molar refractivity (Wildman–Crippen MR) is 379 cm³/mol. The van der Waals surface area contributed by atoms with E-state index in [0.717, 1.165) is 51.4 Å². The van der Waals surface area contributed by atoms with Gasteiger partial charge in [0.2, 0.25) is 5.91 Å². The van der Waals surface area contributed by atoms with E-state index in [1.165, 1.54) is 360 Å². The van der Waals surface area contributed by atoms with Crippen molar-refractivity contribution in [1.29, 1.82) is 0 Å². The lowest BCUT2D eigenvalue weighted by Crippen LogP contribution is -2.45. The molecule has 0 spiro atoms. The lowest BCUT2D eigenvalue weighted by molar-refractivity contribution is -0.143. The second-order valence-corrected chi connectivity index (χ2v) is 27.0. The van der Waals surface area contributed by atoms with Gasteiger partial charge in [-0.05, 0) is 57.8 Å². The fraction of sp³-hybridized carbons (Fsp3) is 0.900. The molecule has 0 aliphatic heterocycles. The topological polar surface area (TPSA) is 95.9 Å². The third-order valence-electron chi connectivity index (χ3n) is 18.4. The highest BCUT2D eigenvalue weighted by atomic mass is 16.5. The Balaban J connectivity index is 3.36. The van der Waals surface area contributed by atoms with Crippen LogP contribution in [0.25, 0.3) is 0 Å². The summed E-state index contributed by atoms with van der Waals surface area (Å²) in [5.41, 5.74) is 0. The first-order chi connectivity index (χ1) is 42.5. The number of esters is 1. The summed E-state index contributed by atoms with van der Waals surface area (Å²) in [6, 6.07) is -0.626. The molecule has 0 heterocycles. The third kappa shape index (κ3) is 71.2. The Bertz CT molecular complexity index is 1390. The lowest BCUT2D eigenvalue weighted by Gasteiger charge is -2.20. The Hall–Kier alpha value is -1.92. The van der Waals surface area contributed by atoms with Gasteiger partial charge in [-0.1, -0.05) is 403 Å². The fourth-order valence-corrected chi connectivity index (χ4v) is 12.4. The average Bonchev–Trinajstić information content (AvgIpc) is 3.54. The number of unbranched alkanes of at least 4 members (excludes halogenated alkanes) is 59. The van der Waals surface area contributed by atoms with Gasteiger partial charge < -0.3 is 20.3 Å². The van der Waals surface area contributed by atoms with E-state index >= 15 is 0 Å². The molecule has 0 aromatic rings. The van der Waals surface area contributed by atoms with Crippen LogP contribution < -0.4 is 5.32 Å². The van der Waals surface area contributed by atoms with Crippen LogP contribution in [0.2, 0.25) is 0 Å². The monoisotopic (exact) mass is 1210 g/mol. The van der Waals surface area contributed by atoms with Crippen LogP contribution in [0, 0.1) is 0 Å². The maximum absolute atomic E-state index is 12.6. The van der Waals surface area contributed by atoms with E-state index in [2.05, 4.69) is 43.5 Å². The minimum Gasteiger partial charge on any atom is -0.466 e. The molecule has 0 saturated heterocycles. The Morgan fingerprint density at radius 1 is 0.326 bits per heavy atom. The number of carbonyl (C=O) groups is 2. The molecule has 0 fully saturated rings. The summed E-state index contributed by atoms with van der Waals surface area (Å²) in [6.45, 7) is 4.88. The van der Waals surface area contributed by atoms with Gasteiger partial charge in [0.1, 0.15) is 0 Å². The van der Waals surface area contributed by atoms with Gasteiger partial charge in [-0.15, -0.1) is 0 Å². The summed E-state index contributed by atoms with van der Waals surface area (Å²) in [7, 11) is 0. The lowest BCUT2D eigenvalue weighted by atomic mass is 10.0. The number of ether oxygens (including phenoxy) is 1. The van der Waals surface area contributed by atoms with Crippen molar-refractivity contribution >= 4 is 11.9 Å². The zero-order chi connectivity index (χ0) is 62.0. The zero-order valence-electron chi connectivity index (χ0n) is 58.3. The van der Waals surface area contributed by atoms with Crippen LogP contribution in [0.15, 0.2) is 36.5 Å². The van der Waals surface area contributed by atoms with E-state index in [1.807, 2.05) is 6.08 Å². The molecular formula is C80H153NO5. The summed E-state index contributed by atoms with van der Waals surface area (Å²) >= 11 is 0. The van der Waals surface area contributed by atoms with Gasteiger partial charge in [0.15, 0.2) is 0 Å². The molecule has 3 N–H and O–H groups in total. The summed E-state index contributed by atoms with van der Waals surface area (Å²) < 4.78 is 5.48. The van der Waals surface area contributed by atoms with E-state index in [4.69, 9.17) is 4.74 Å². The van der Waals surface area contributed by atoms with E-state index in [1.54, 1.807) is 6.08 Å². The average molecular weight is 1210 g/mol. The van der Waals surface area contributed by atoms with E-state index in [-0.39, 0.29) is 18.5 Å². The van der Waals surface area contributed by atoms with Crippen molar-refractivity contribution < 1.29 is 24.5 Å². The predicted octanol–water partition coefficient (Wildman–Crippen LogP) is 25.8. The van der Waals surface area contributed by atoms with Crippen molar-refractivity contribution in [3.8, 4) is 0 Å². The number of nitrogens with one attached hydrogen (secondary N) is 1. The second-order valence-electron chi connectivity index (χ2n) is 27.0. The number of aliphatic hydroxyl groups is 2. The molecule has 0 aromatic heterocycles. The Kier molecular flexibility index (Phi) is 73.9. The molecule has 0 aliphatic rings. The van der Waals surface area contributed by atoms with Gasteiger partial charge in [-0.25, -0.2) is 0 Å². The van der Waals surface area contributed by atoms with Crippen molar-refractivity contribution in [2.75, 3.05) is 13.2 Å². The number of hydrogen-bond donors (Lipinski definition) is 3. The summed E-state index contributed by atoms with van der Waals surface area (Å²) in [5.74, 6) is -0.0524. The van der Waals surface area contributed by atoms with Crippen LogP contribution in [0.5, 0.6) is 0 Å². The standard InChI is InChI=1S/C80H153NO5/c1-3-5-7-9-11-13-15-17-18-19-20-21-22-33-36-39-42-45-49-52-56-60-64-68-72-78(83)77(76-82)81-79(84)73-69-65-61-57-53-50-46-43-40-37-34-31-29-27-25-23-24-26-28-30-32-35-38-41-44-47-51-55-59-63-67-71-75-86-80(85)74-70-66-62-58-54-48-16-14-12-10-8-6-4-2/h8,10,14,16,68,72,77-78,82-83H,3-7,9,11-13,15,17-67,69-71,73-76H2,1-2H3,(H,81,84)/b10-8-,16-14-,72-68+. The first-order valence-corrected chi connectivity index (χ1v) is 39.3. The number of hydrogen-bond acceptors (Lipinski definition) is 5. The molecule has 86 heavy (non-hydrogen) atoms.